The third kappa shape index (κ3) is 3.67. The van der Waals surface area contributed by atoms with E-state index < -0.39 is 0 Å². The number of hydrogen-bond acceptors (Lipinski definition) is 2. The van der Waals surface area contributed by atoms with Gasteiger partial charge in [0.05, 0.1) is 11.6 Å². The standard InChI is InChI=1S/C10H8BrNS/c1-8(11)7-13-10-4-2-9(6-12)3-5-10/h2-5H,1,7H2. The van der Waals surface area contributed by atoms with Gasteiger partial charge in [0.1, 0.15) is 0 Å². The minimum Gasteiger partial charge on any atom is -0.192 e. The van der Waals surface area contributed by atoms with Gasteiger partial charge in [0.2, 0.25) is 0 Å². The van der Waals surface area contributed by atoms with E-state index in [0.717, 1.165) is 15.1 Å². The second-order valence-electron chi connectivity index (χ2n) is 2.44. The van der Waals surface area contributed by atoms with Gasteiger partial charge < -0.3 is 0 Å². The average Bonchev–Trinajstić information content (AvgIpc) is 2.15. The molecule has 0 atom stereocenters. The summed E-state index contributed by atoms with van der Waals surface area (Å²) < 4.78 is 0.974. The van der Waals surface area contributed by atoms with Gasteiger partial charge >= 0.3 is 0 Å². The van der Waals surface area contributed by atoms with Crippen molar-refractivity contribution in [2.75, 3.05) is 5.75 Å². The Bertz CT molecular complexity index is 337. The molecule has 0 aliphatic heterocycles. The van der Waals surface area contributed by atoms with E-state index in [2.05, 4.69) is 28.6 Å². The third-order valence-electron chi connectivity index (χ3n) is 1.38. The van der Waals surface area contributed by atoms with Crippen molar-refractivity contribution < 1.29 is 0 Å². The van der Waals surface area contributed by atoms with E-state index in [9.17, 15) is 0 Å². The third-order valence-corrected chi connectivity index (χ3v) is 3.13. The van der Waals surface area contributed by atoms with E-state index in [4.69, 9.17) is 5.26 Å². The molecule has 0 aliphatic carbocycles. The highest BCUT2D eigenvalue weighted by molar-refractivity contribution is 9.11. The number of halogens is 1. The van der Waals surface area contributed by atoms with E-state index in [1.54, 1.807) is 11.8 Å². The van der Waals surface area contributed by atoms with E-state index >= 15 is 0 Å². The van der Waals surface area contributed by atoms with Crippen molar-refractivity contribution in [1.82, 2.24) is 0 Å². The van der Waals surface area contributed by atoms with Crippen molar-refractivity contribution in [2.45, 2.75) is 4.90 Å². The zero-order valence-corrected chi connectivity index (χ0v) is 9.36. The van der Waals surface area contributed by atoms with Gasteiger partial charge in [-0.1, -0.05) is 22.5 Å². The molecule has 0 aromatic heterocycles. The first-order valence-corrected chi connectivity index (χ1v) is 5.46. The second-order valence-corrected chi connectivity index (χ2v) is 4.61. The molecule has 0 heterocycles. The highest BCUT2D eigenvalue weighted by atomic mass is 79.9. The molecular formula is C10H8BrNS. The lowest BCUT2D eigenvalue weighted by Crippen LogP contribution is -1.78. The summed E-state index contributed by atoms with van der Waals surface area (Å²) >= 11 is 4.98. The maximum atomic E-state index is 8.57. The molecule has 0 amide bonds. The number of benzene rings is 1. The summed E-state index contributed by atoms with van der Waals surface area (Å²) in [5, 5.41) is 8.57. The van der Waals surface area contributed by atoms with Crippen molar-refractivity contribution in [3.8, 4) is 6.07 Å². The van der Waals surface area contributed by atoms with Crippen LogP contribution in [0.3, 0.4) is 0 Å². The van der Waals surface area contributed by atoms with Gasteiger partial charge in [0, 0.05) is 10.6 Å². The van der Waals surface area contributed by atoms with Gasteiger partial charge in [-0.3, -0.25) is 0 Å². The molecule has 13 heavy (non-hydrogen) atoms. The lowest BCUT2D eigenvalue weighted by molar-refractivity contribution is 1.41. The van der Waals surface area contributed by atoms with Crippen molar-refractivity contribution in [3.63, 3.8) is 0 Å². The normalized spacial score (nSPS) is 9.23. The Kier molecular flexibility index (Phi) is 4.07. The fourth-order valence-electron chi connectivity index (χ4n) is 0.787. The number of hydrogen-bond donors (Lipinski definition) is 0. The van der Waals surface area contributed by atoms with Gasteiger partial charge in [-0.05, 0) is 28.7 Å². The molecule has 0 N–H and O–H groups in total. The van der Waals surface area contributed by atoms with Crippen LogP contribution in [0.5, 0.6) is 0 Å². The predicted octanol–water partition coefficient (Wildman–Crippen LogP) is 3.56. The minimum absolute atomic E-state index is 0.696. The second kappa shape index (κ2) is 5.11. The molecule has 0 aliphatic rings. The fourth-order valence-corrected chi connectivity index (χ4v) is 1.78. The van der Waals surface area contributed by atoms with Crippen molar-refractivity contribution in [1.29, 1.82) is 5.26 Å². The number of rotatable bonds is 3. The summed E-state index contributed by atoms with van der Waals surface area (Å²) in [4.78, 5) is 1.15. The molecule has 1 nitrogen and oxygen atoms in total. The van der Waals surface area contributed by atoms with Crippen LogP contribution in [0.4, 0.5) is 0 Å². The quantitative estimate of drug-likeness (QED) is 0.770. The molecule has 1 rings (SSSR count). The molecule has 1 aromatic rings. The molecule has 0 unspecified atom stereocenters. The van der Waals surface area contributed by atoms with E-state index in [0.29, 0.717) is 5.56 Å². The monoisotopic (exact) mass is 253 g/mol. The molecular weight excluding hydrogens is 246 g/mol. The van der Waals surface area contributed by atoms with Gasteiger partial charge in [0.15, 0.2) is 0 Å². The van der Waals surface area contributed by atoms with Crippen molar-refractivity contribution >= 4 is 27.7 Å². The molecule has 0 bridgehead atoms. The Morgan fingerprint density at radius 1 is 1.46 bits per heavy atom. The van der Waals surface area contributed by atoms with Crippen LogP contribution < -0.4 is 0 Å². The maximum Gasteiger partial charge on any atom is 0.0991 e. The van der Waals surface area contributed by atoms with Crippen molar-refractivity contribution in [3.05, 3.63) is 40.9 Å². The van der Waals surface area contributed by atoms with Crippen LogP contribution >= 0.6 is 27.7 Å². The number of nitriles is 1. The predicted molar refractivity (Wildman–Crippen MR) is 59.9 cm³/mol. The Hall–Kier alpha value is -0.720. The van der Waals surface area contributed by atoms with Crippen LogP contribution in [-0.2, 0) is 0 Å². The number of thioether (sulfide) groups is 1. The summed E-state index contributed by atoms with van der Waals surface area (Å²) in [5.74, 6) is 0.853. The molecule has 1 aromatic carbocycles. The summed E-state index contributed by atoms with van der Waals surface area (Å²) in [6.45, 7) is 3.75. The summed E-state index contributed by atoms with van der Waals surface area (Å²) in [6.07, 6.45) is 0. The molecule has 66 valence electrons. The zero-order valence-electron chi connectivity index (χ0n) is 6.96. The van der Waals surface area contributed by atoms with Crippen molar-refractivity contribution in [2.24, 2.45) is 0 Å². The Labute approximate surface area is 90.6 Å². The van der Waals surface area contributed by atoms with Crippen LogP contribution in [0.1, 0.15) is 5.56 Å². The first-order chi connectivity index (χ1) is 6.22. The average molecular weight is 254 g/mol. The summed E-state index contributed by atoms with van der Waals surface area (Å²) in [5.41, 5.74) is 0.696. The Morgan fingerprint density at radius 3 is 2.54 bits per heavy atom. The molecule has 3 heteroatoms. The minimum atomic E-state index is 0.696. The first kappa shape index (κ1) is 10.4. The van der Waals surface area contributed by atoms with E-state index in [1.807, 2.05) is 24.3 Å². The summed E-state index contributed by atoms with van der Waals surface area (Å²) in [7, 11) is 0. The molecule has 0 radical (unpaired) electrons. The Balaban J connectivity index is 2.60. The number of nitrogens with zero attached hydrogens (tertiary/aromatic N) is 1. The smallest absolute Gasteiger partial charge is 0.0991 e. The molecule has 0 saturated carbocycles. The molecule has 0 fully saturated rings. The first-order valence-electron chi connectivity index (χ1n) is 3.68. The van der Waals surface area contributed by atoms with E-state index in [1.165, 1.54) is 0 Å². The maximum absolute atomic E-state index is 8.57. The van der Waals surface area contributed by atoms with Crippen LogP contribution in [0.2, 0.25) is 0 Å². The Morgan fingerprint density at radius 2 is 2.08 bits per heavy atom. The topological polar surface area (TPSA) is 23.8 Å². The van der Waals surface area contributed by atoms with E-state index in [-0.39, 0.29) is 0 Å². The molecule has 0 saturated heterocycles. The summed E-state index contributed by atoms with van der Waals surface area (Å²) in [6, 6.07) is 9.61. The van der Waals surface area contributed by atoms with Crippen LogP contribution in [-0.4, -0.2) is 5.75 Å². The zero-order chi connectivity index (χ0) is 9.68. The van der Waals surface area contributed by atoms with Gasteiger partial charge in [-0.2, -0.15) is 5.26 Å². The SMILES string of the molecule is C=C(Br)CSc1ccc(C#N)cc1. The highest BCUT2D eigenvalue weighted by Crippen LogP contribution is 2.22. The van der Waals surface area contributed by atoms with Gasteiger partial charge in [-0.25, -0.2) is 0 Å². The fraction of sp³-hybridized carbons (Fsp3) is 0.100. The highest BCUT2D eigenvalue weighted by Gasteiger charge is 1.95. The van der Waals surface area contributed by atoms with Crippen LogP contribution in [0.25, 0.3) is 0 Å². The van der Waals surface area contributed by atoms with Crippen LogP contribution in [0, 0.1) is 11.3 Å². The lowest BCUT2D eigenvalue weighted by atomic mass is 10.2. The largest absolute Gasteiger partial charge is 0.192 e. The molecule has 0 spiro atoms. The van der Waals surface area contributed by atoms with Crippen LogP contribution in [0.15, 0.2) is 40.2 Å². The lowest BCUT2D eigenvalue weighted by Gasteiger charge is -1.99. The van der Waals surface area contributed by atoms with Gasteiger partial charge in [-0.15, -0.1) is 11.8 Å². The van der Waals surface area contributed by atoms with Gasteiger partial charge in [0.25, 0.3) is 0 Å².